The van der Waals surface area contributed by atoms with Crippen molar-refractivity contribution in [2.75, 3.05) is 55.4 Å². The van der Waals surface area contributed by atoms with Crippen LogP contribution in [0, 0.1) is 0 Å². The number of carbonyl (C=O) groups is 1. The molecule has 1 aromatic heterocycles. The zero-order valence-corrected chi connectivity index (χ0v) is 20.6. The minimum absolute atomic E-state index is 0.106. The lowest BCUT2D eigenvalue weighted by atomic mass is 10.2. The van der Waals surface area contributed by atoms with E-state index < -0.39 is 0 Å². The van der Waals surface area contributed by atoms with Gasteiger partial charge in [0.2, 0.25) is 5.91 Å². The van der Waals surface area contributed by atoms with Crippen molar-refractivity contribution in [1.29, 1.82) is 0 Å². The first-order valence-electron chi connectivity index (χ1n) is 11.6. The Hall–Kier alpha value is -3.26. The van der Waals surface area contributed by atoms with E-state index in [1.54, 1.807) is 19.5 Å². The highest BCUT2D eigenvalue weighted by Gasteiger charge is 2.23. The van der Waals surface area contributed by atoms with Crippen LogP contribution in [0.4, 0.5) is 11.5 Å². The predicted molar refractivity (Wildman–Crippen MR) is 138 cm³/mol. The van der Waals surface area contributed by atoms with Gasteiger partial charge in [-0.2, -0.15) is 0 Å². The Balaban J connectivity index is 1.37. The molecule has 8 heteroatoms. The van der Waals surface area contributed by atoms with Crippen molar-refractivity contribution >= 4 is 29.2 Å². The summed E-state index contributed by atoms with van der Waals surface area (Å²) in [5.74, 6) is 2.19. The molecule has 3 aromatic rings. The fourth-order valence-corrected chi connectivity index (χ4v) is 4.98. The topological polar surface area (TPSA) is 61.8 Å². The quantitative estimate of drug-likeness (QED) is 0.433. The van der Waals surface area contributed by atoms with Gasteiger partial charge in [0.25, 0.3) is 0 Å². The van der Waals surface area contributed by atoms with Crippen LogP contribution in [0.1, 0.15) is 12.5 Å². The van der Waals surface area contributed by atoms with Gasteiger partial charge in [-0.25, -0.2) is 9.97 Å². The van der Waals surface area contributed by atoms with Gasteiger partial charge in [-0.05, 0) is 24.6 Å². The predicted octanol–water partition coefficient (Wildman–Crippen LogP) is 3.95. The van der Waals surface area contributed by atoms with Gasteiger partial charge < -0.3 is 19.4 Å². The normalized spacial score (nSPS) is 13.6. The first-order chi connectivity index (χ1) is 16.7. The van der Waals surface area contributed by atoms with Crippen LogP contribution < -0.4 is 14.5 Å². The van der Waals surface area contributed by atoms with Gasteiger partial charge in [0.05, 0.1) is 18.6 Å². The largest absolute Gasteiger partial charge is 0.495 e. The lowest BCUT2D eigenvalue weighted by Gasteiger charge is -2.37. The van der Waals surface area contributed by atoms with Gasteiger partial charge in [-0.1, -0.05) is 54.2 Å². The Kier molecular flexibility index (Phi) is 8.25. The third kappa shape index (κ3) is 5.80. The van der Waals surface area contributed by atoms with Crippen molar-refractivity contribution in [3.05, 3.63) is 72.6 Å². The molecule has 0 aliphatic carbocycles. The zero-order chi connectivity index (χ0) is 23.8. The number of nitrogens with zero attached hydrogens (tertiary/aromatic N) is 5. The maximum Gasteiger partial charge on any atom is 0.233 e. The summed E-state index contributed by atoms with van der Waals surface area (Å²) in [7, 11) is 1.71. The summed E-state index contributed by atoms with van der Waals surface area (Å²) in [4.78, 5) is 28.6. The van der Waals surface area contributed by atoms with Gasteiger partial charge in [0.15, 0.2) is 5.82 Å². The summed E-state index contributed by atoms with van der Waals surface area (Å²) in [6.45, 7) is 6.68. The van der Waals surface area contributed by atoms with Crippen LogP contribution >= 0.6 is 11.8 Å². The number of aromatic nitrogens is 2. The second kappa shape index (κ2) is 11.7. The van der Waals surface area contributed by atoms with Gasteiger partial charge >= 0.3 is 0 Å². The lowest BCUT2D eigenvalue weighted by Crippen LogP contribution is -2.47. The van der Waals surface area contributed by atoms with Crippen LogP contribution in [0.3, 0.4) is 0 Å². The Morgan fingerprint density at radius 2 is 1.65 bits per heavy atom. The number of benzene rings is 2. The number of hydrogen-bond acceptors (Lipinski definition) is 7. The molecule has 4 rings (SSSR count). The Labute approximate surface area is 205 Å². The Bertz CT molecular complexity index is 1070. The molecular formula is C26H31N5O2S. The third-order valence-corrected chi connectivity index (χ3v) is 6.89. The summed E-state index contributed by atoms with van der Waals surface area (Å²) in [5, 5.41) is 0.803. The summed E-state index contributed by atoms with van der Waals surface area (Å²) in [6, 6.07) is 18.2. The maximum absolute atomic E-state index is 12.9. The van der Waals surface area contributed by atoms with E-state index in [9.17, 15) is 4.79 Å². The molecule has 0 atom stereocenters. The molecule has 0 N–H and O–H groups in total. The minimum Gasteiger partial charge on any atom is -0.495 e. The molecule has 0 unspecified atom stereocenters. The molecule has 34 heavy (non-hydrogen) atoms. The van der Waals surface area contributed by atoms with Crippen LogP contribution in [-0.2, 0) is 11.3 Å². The van der Waals surface area contributed by atoms with E-state index in [4.69, 9.17) is 4.74 Å². The minimum atomic E-state index is 0.106. The number of rotatable bonds is 9. The van der Waals surface area contributed by atoms with Gasteiger partial charge in [0, 0.05) is 51.7 Å². The molecule has 2 heterocycles. The van der Waals surface area contributed by atoms with Crippen LogP contribution in [0.2, 0.25) is 0 Å². The molecule has 0 saturated carbocycles. The second-order valence-electron chi connectivity index (χ2n) is 8.01. The fourth-order valence-electron chi connectivity index (χ4n) is 4.09. The van der Waals surface area contributed by atoms with Crippen molar-refractivity contribution in [2.24, 2.45) is 0 Å². The maximum atomic E-state index is 12.9. The van der Waals surface area contributed by atoms with E-state index in [0.717, 1.165) is 54.0 Å². The first kappa shape index (κ1) is 23.9. The number of amides is 1. The van der Waals surface area contributed by atoms with Crippen LogP contribution in [-0.4, -0.2) is 66.4 Å². The second-order valence-corrected chi connectivity index (χ2v) is 8.98. The average Bonchev–Trinajstić information content (AvgIpc) is 2.91. The molecule has 0 radical (unpaired) electrons. The van der Waals surface area contributed by atoms with Crippen molar-refractivity contribution in [2.45, 2.75) is 18.5 Å². The van der Waals surface area contributed by atoms with E-state index in [-0.39, 0.29) is 5.91 Å². The Morgan fingerprint density at radius 3 is 2.38 bits per heavy atom. The molecule has 1 aliphatic rings. The van der Waals surface area contributed by atoms with Crippen LogP contribution in [0.15, 0.2) is 72.0 Å². The van der Waals surface area contributed by atoms with Crippen molar-refractivity contribution in [1.82, 2.24) is 14.9 Å². The molecule has 178 valence electrons. The molecule has 0 bridgehead atoms. The zero-order valence-electron chi connectivity index (χ0n) is 19.8. The molecule has 1 saturated heterocycles. The van der Waals surface area contributed by atoms with E-state index in [0.29, 0.717) is 18.8 Å². The highest BCUT2D eigenvalue weighted by molar-refractivity contribution is 8.00. The molecule has 2 aromatic carbocycles. The highest BCUT2D eigenvalue weighted by atomic mass is 32.2. The standard InChI is InChI=1S/C26H31N5O2S/c1-3-29(19-21-9-5-4-6-10-21)24(32)20-34-26-25(27-13-14-28-26)31-17-15-30(16-18-31)22-11-7-8-12-23(22)33-2/h4-14H,3,15-20H2,1-2H3. The van der Waals surface area contributed by atoms with Crippen molar-refractivity contribution < 1.29 is 9.53 Å². The summed E-state index contributed by atoms with van der Waals surface area (Å²) >= 11 is 1.47. The highest BCUT2D eigenvalue weighted by Crippen LogP contribution is 2.31. The summed E-state index contributed by atoms with van der Waals surface area (Å²) in [5.41, 5.74) is 2.25. The van der Waals surface area contributed by atoms with Gasteiger partial charge in [0.1, 0.15) is 10.8 Å². The molecule has 1 aliphatic heterocycles. The first-order valence-corrected chi connectivity index (χ1v) is 12.6. The van der Waals surface area contributed by atoms with E-state index in [2.05, 4.69) is 38.0 Å². The fraction of sp³-hybridized carbons (Fsp3) is 0.346. The molecular weight excluding hydrogens is 446 g/mol. The van der Waals surface area contributed by atoms with Crippen molar-refractivity contribution in [3.8, 4) is 5.75 Å². The Morgan fingerprint density at radius 1 is 0.971 bits per heavy atom. The van der Waals surface area contributed by atoms with Gasteiger partial charge in [-0.15, -0.1) is 0 Å². The summed E-state index contributed by atoms with van der Waals surface area (Å²) < 4.78 is 5.53. The number of methoxy groups -OCH3 is 1. The number of thioether (sulfide) groups is 1. The van der Waals surface area contributed by atoms with E-state index in [1.807, 2.05) is 48.2 Å². The lowest BCUT2D eigenvalue weighted by molar-refractivity contribution is -0.128. The number of carbonyl (C=O) groups excluding carboxylic acids is 1. The molecule has 1 fully saturated rings. The SMILES string of the molecule is CCN(Cc1ccccc1)C(=O)CSc1nccnc1N1CCN(c2ccccc2OC)CC1. The number of piperazine rings is 1. The molecule has 0 spiro atoms. The smallest absolute Gasteiger partial charge is 0.233 e. The molecule has 1 amide bonds. The number of ether oxygens (including phenoxy) is 1. The molecule has 7 nitrogen and oxygen atoms in total. The summed E-state index contributed by atoms with van der Waals surface area (Å²) in [6.07, 6.45) is 3.42. The number of hydrogen-bond donors (Lipinski definition) is 0. The number of anilines is 2. The van der Waals surface area contributed by atoms with E-state index in [1.165, 1.54) is 11.8 Å². The van der Waals surface area contributed by atoms with Crippen LogP contribution in [0.5, 0.6) is 5.75 Å². The number of para-hydroxylation sites is 2. The van der Waals surface area contributed by atoms with Gasteiger partial charge in [-0.3, -0.25) is 4.79 Å². The van der Waals surface area contributed by atoms with Crippen molar-refractivity contribution in [3.63, 3.8) is 0 Å². The average molecular weight is 478 g/mol. The van der Waals surface area contributed by atoms with Crippen LogP contribution in [0.25, 0.3) is 0 Å². The third-order valence-electron chi connectivity index (χ3n) is 5.93. The van der Waals surface area contributed by atoms with E-state index >= 15 is 0 Å². The monoisotopic (exact) mass is 477 g/mol.